The predicted octanol–water partition coefficient (Wildman–Crippen LogP) is 3.28. The van der Waals surface area contributed by atoms with Crippen molar-refractivity contribution in [3.8, 4) is 6.07 Å². The molecule has 0 aliphatic carbocycles. The third kappa shape index (κ3) is 1.99. The van der Waals surface area contributed by atoms with Crippen LogP contribution >= 0.6 is 0 Å². The average molecular weight is 265 g/mol. The fraction of sp³-hybridized carbons (Fsp3) is 0.0625. The zero-order valence-electron chi connectivity index (χ0n) is 10.7. The van der Waals surface area contributed by atoms with Crippen molar-refractivity contribution in [3.63, 3.8) is 0 Å². The molecule has 1 aromatic heterocycles. The van der Waals surface area contributed by atoms with Crippen LogP contribution in [0, 0.1) is 17.1 Å². The van der Waals surface area contributed by atoms with Crippen LogP contribution in [0.15, 0.2) is 48.7 Å². The molecule has 2 N–H and O–H groups in total. The highest BCUT2D eigenvalue weighted by atomic mass is 19.1. The third-order valence-electron chi connectivity index (χ3n) is 3.38. The number of anilines is 1. The van der Waals surface area contributed by atoms with Gasteiger partial charge in [0.25, 0.3) is 0 Å². The van der Waals surface area contributed by atoms with Crippen molar-refractivity contribution in [2.75, 3.05) is 5.73 Å². The van der Waals surface area contributed by atoms with E-state index in [9.17, 15) is 4.39 Å². The van der Waals surface area contributed by atoms with Gasteiger partial charge in [0.2, 0.25) is 0 Å². The first-order chi connectivity index (χ1) is 9.69. The number of nitrogens with two attached hydrogens (primary N) is 1. The fourth-order valence-corrected chi connectivity index (χ4v) is 2.37. The minimum Gasteiger partial charge on any atom is -0.398 e. The van der Waals surface area contributed by atoms with E-state index in [1.807, 2.05) is 35.0 Å². The quantitative estimate of drug-likeness (QED) is 0.723. The maximum atomic E-state index is 13.4. The molecule has 0 radical (unpaired) electrons. The van der Waals surface area contributed by atoms with Crippen molar-refractivity contribution in [1.29, 1.82) is 5.26 Å². The number of hydrogen-bond donors (Lipinski definition) is 1. The number of fused-ring (bicyclic) bond motifs is 1. The Kier molecular flexibility index (Phi) is 2.88. The van der Waals surface area contributed by atoms with Crippen LogP contribution in [-0.4, -0.2) is 4.57 Å². The van der Waals surface area contributed by atoms with E-state index in [-0.39, 0.29) is 5.82 Å². The highest BCUT2D eigenvalue weighted by Crippen LogP contribution is 2.23. The lowest BCUT2D eigenvalue weighted by atomic mass is 10.1. The minimum absolute atomic E-state index is 0.338. The van der Waals surface area contributed by atoms with Crippen LogP contribution in [0.3, 0.4) is 0 Å². The molecular formula is C16H12FN3. The molecule has 0 unspecified atom stereocenters. The Morgan fingerprint density at radius 2 is 2.05 bits per heavy atom. The van der Waals surface area contributed by atoms with Gasteiger partial charge in [0.05, 0.1) is 17.1 Å². The van der Waals surface area contributed by atoms with Gasteiger partial charge in [0.1, 0.15) is 5.82 Å². The molecule has 0 amide bonds. The van der Waals surface area contributed by atoms with Gasteiger partial charge in [-0.25, -0.2) is 4.39 Å². The first-order valence-corrected chi connectivity index (χ1v) is 6.21. The molecule has 2 aromatic carbocycles. The number of nitrogen functional groups attached to an aromatic ring is 1. The van der Waals surface area contributed by atoms with E-state index in [0.29, 0.717) is 23.4 Å². The molecule has 0 bridgehead atoms. The number of aromatic nitrogens is 1. The van der Waals surface area contributed by atoms with E-state index < -0.39 is 0 Å². The zero-order valence-corrected chi connectivity index (χ0v) is 10.7. The Hall–Kier alpha value is -2.80. The number of hydrogen-bond acceptors (Lipinski definition) is 2. The number of nitriles is 1. The largest absolute Gasteiger partial charge is 0.398 e. The second kappa shape index (κ2) is 4.71. The summed E-state index contributed by atoms with van der Waals surface area (Å²) in [5.41, 5.74) is 8.74. The van der Waals surface area contributed by atoms with Crippen LogP contribution < -0.4 is 5.73 Å². The summed E-state index contributed by atoms with van der Waals surface area (Å²) >= 11 is 0. The molecule has 3 rings (SSSR count). The Morgan fingerprint density at radius 3 is 2.85 bits per heavy atom. The molecule has 20 heavy (non-hydrogen) atoms. The lowest BCUT2D eigenvalue weighted by Gasteiger charge is -2.08. The smallest absolute Gasteiger partial charge is 0.123 e. The molecule has 0 aliphatic heterocycles. The van der Waals surface area contributed by atoms with Crippen LogP contribution in [0.25, 0.3) is 10.9 Å². The van der Waals surface area contributed by atoms with E-state index in [1.54, 1.807) is 0 Å². The van der Waals surface area contributed by atoms with E-state index >= 15 is 0 Å². The number of rotatable bonds is 2. The van der Waals surface area contributed by atoms with Crippen LogP contribution in [0.4, 0.5) is 10.1 Å². The summed E-state index contributed by atoms with van der Waals surface area (Å²) in [5, 5.41) is 10.1. The molecule has 0 atom stereocenters. The average Bonchev–Trinajstić information content (AvgIpc) is 2.84. The van der Waals surface area contributed by atoms with Crippen LogP contribution in [0.2, 0.25) is 0 Å². The molecule has 0 saturated heterocycles. The van der Waals surface area contributed by atoms with Crippen molar-refractivity contribution in [2.24, 2.45) is 0 Å². The van der Waals surface area contributed by atoms with E-state index in [4.69, 9.17) is 11.0 Å². The van der Waals surface area contributed by atoms with Gasteiger partial charge < -0.3 is 10.3 Å². The Labute approximate surface area is 115 Å². The Bertz CT molecular complexity index is 827. The maximum Gasteiger partial charge on any atom is 0.123 e. The standard InChI is InChI=1S/C16H12FN3/c17-13-5-4-11(9-18)12(8-13)10-20-7-6-14-15(19)2-1-3-16(14)20/h1-8H,10,19H2. The van der Waals surface area contributed by atoms with Gasteiger partial charge in [0.15, 0.2) is 0 Å². The van der Waals surface area contributed by atoms with Crippen LogP contribution in [0.5, 0.6) is 0 Å². The molecule has 0 spiro atoms. The van der Waals surface area contributed by atoms with Gasteiger partial charge >= 0.3 is 0 Å². The van der Waals surface area contributed by atoms with Gasteiger partial charge in [-0.3, -0.25) is 0 Å². The van der Waals surface area contributed by atoms with Gasteiger partial charge in [0, 0.05) is 23.8 Å². The van der Waals surface area contributed by atoms with Crippen LogP contribution in [0.1, 0.15) is 11.1 Å². The van der Waals surface area contributed by atoms with Crippen LogP contribution in [-0.2, 0) is 6.54 Å². The van der Waals surface area contributed by atoms with Gasteiger partial charge in [-0.2, -0.15) is 5.26 Å². The lowest BCUT2D eigenvalue weighted by Crippen LogP contribution is -2.01. The van der Waals surface area contributed by atoms with Gasteiger partial charge in [-0.1, -0.05) is 6.07 Å². The van der Waals surface area contributed by atoms with Crippen molar-refractivity contribution in [3.05, 3.63) is 65.6 Å². The second-order valence-electron chi connectivity index (χ2n) is 4.64. The van der Waals surface area contributed by atoms with Crippen molar-refractivity contribution in [2.45, 2.75) is 6.54 Å². The molecular weight excluding hydrogens is 253 g/mol. The first-order valence-electron chi connectivity index (χ1n) is 6.21. The monoisotopic (exact) mass is 265 g/mol. The third-order valence-corrected chi connectivity index (χ3v) is 3.38. The maximum absolute atomic E-state index is 13.4. The molecule has 3 nitrogen and oxygen atoms in total. The summed E-state index contributed by atoms with van der Waals surface area (Å²) in [6, 6.07) is 13.9. The summed E-state index contributed by atoms with van der Waals surface area (Å²) in [7, 11) is 0. The summed E-state index contributed by atoms with van der Waals surface area (Å²) in [6.07, 6.45) is 1.90. The van der Waals surface area contributed by atoms with Crippen molar-refractivity contribution < 1.29 is 4.39 Å². The summed E-state index contributed by atoms with van der Waals surface area (Å²) in [6.45, 7) is 0.438. The number of halogens is 1. The molecule has 1 heterocycles. The minimum atomic E-state index is -0.338. The predicted molar refractivity (Wildman–Crippen MR) is 76.6 cm³/mol. The molecule has 0 aliphatic rings. The molecule has 0 fully saturated rings. The van der Waals surface area contributed by atoms with Crippen molar-refractivity contribution >= 4 is 16.6 Å². The molecule has 4 heteroatoms. The Balaban J connectivity index is 2.08. The van der Waals surface area contributed by atoms with Crippen molar-refractivity contribution in [1.82, 2.24) is 4.57 Å². The highest BCUT2D eigenvalue weighted by molar-refractivity contribution is 5.91. The zero-order chi connectivity index (χ0) is 14.1. The van der Waals surface area contributed by atoms with Gasteiger partial charge in [-0.05, 0) is 42.0 Å². The summed E-state index contributed by atoms with van der Waals surface area (Å²) in [4.78, 5) is 0. The molecule has 98 valence electrons. The van der Waals surface area contributed by atoms with E-state index in [1.165, 1.54) is 18.2 Å². The first kappa shape index (κ1) is 12.2. The number of nitrogens with zero attached hydrogens (tertiary/aromatic N) is 2. The second-order valence-corrected chi connectivity index (χ2v) is 4.64. The normalized spacial score (nSPS) is 10.6. The molecule has 0 saturated carbocycles. The number of benzene rings is 2. The summed E-state index contributed by atoms with van der Waals surface area (Å²) in [5.74, 6) is -0.338. The highest BCUT2D eigenvalue weighted by Gasteiger charge is 2.08. The lowest BCUT2D eigenvalue weighted by molar-refractivity contribution is 0.623. The fourth-order valence-electron chi connectivity index (χ4n) is 2.37. The van der Waals surface area contributed by atoms with E-state index in [0.717, 1.165) is 10.9 Å². The summed E-state index contributed by atoms with van der Waals surface area (Å²) < 4.78 is 15.3. The van der Waals surface area contributed by atoms with E-state index in [2.05, 4.69) is 6.07 Å². The topological polar surface area (TPSA) is 54.7 Å². The van der Waals surface area contributed by atoms with Gasteiger partial charge in [-0.15, -0.1) is 0 Å². The SMILES string of the molecule is N#Cc1ccc(F)cc1Cn1ccc2c(N)cccc21. The molecule has 3 aromatic rings. The Morgan fingerprint density at radius 1 is 1.20 bits per heavy atom.